The van der Waals surface area contributed by atoms with Crippen LogP contribution in [-0.2, 0) is 9.53 Å². The minimum Gasteiger partial charge on any atom is -0.495 e. The Balaban J connectivity index is 1.71. The summed E-state index contributed by atoms with van der Waals surface area (Å²) >= 11 is 6.25. The lowest BCUT2D eigenvalue weighted by atomic mass is 9.94. The number of amidine groups is 1. The topological polar surface area (TPSA) is 60.4 Å². The van der Waals surface area contributed by atoms with Gasteiger partial charge < -0.3 is 19.1 Å². The molecule has 35 heavy (non-hydrogen) atoms. The summed E-state index contributed by atoms with van der Waals surface area (Å²) in [5.41, 5.74) is 3.38. The Morgan fingerprint density at radius 1 is 1.17 bits per heavy atom. The molecule has 0 saturated carbocycles. The molecule has 1 fully saturated rings. The number of aliphatic imine (C=N–C) groups is 1. The lowest BCUT2D eigenvalue weighted by Gasteiger charge is -2.34. The molecule has 9 heteroatoms. The zero-order valence-electron chi connectivity index (χ0n) is 19.9. The molecule has 0 bridgehead atoms. The Bertz CT molecular complexity index is 1200. The number of carbonyl (C=O) groups is 1. The number of methoxy groups -OCH3 is 1. The van der Waals surface area contributed by atoms with Crippen LogP contribution < -0.4 is 9.47 Å². The number of allylic oxidation sites excluding steroid dienone is 1. The van der Waals surface area contributed by atoms with E-state index in [1.54, 1.807) is 18.9 Å². The Hall–Kier alpha value is -1.73. The zero-order chi connectivity index (χ0) is 25.1. The third kappa shape index (κ3) is 5.66. The summed E-state index contributed by atoms with van der Waals surface area (Å²) in [6.07, 6.45) is 2.18. The first-order valence-corrected chi connectivity index (χ1v) is 14.2. The third-order valence-electron chi connectivity index (χ3n) is 5.59. The van der Waals surface area contributed by atoms with Crippen molar-refractivity contribution in [3.63, 3.8) is 0 Å². The van der Waals surface area contributed by atoms with Crippen LogP contribution in [0.25, 0.3) is 6.08 Å². The molecule has 0 spiro atoms. The van der Waals surface area contributed by atoms with E-state index in [0.717, 1.165) is 39.8 Å². The largest absolute Gasteiger partial charge is 0.495 e. The van der Waals surface area contributed by atoms with Gasteiger partial charge in [-0.05, 0) is 107 Å². The number of carbonyl (C=O) groups excluding carboxylic acids is 1. The van der Waals surface area contributed by atoms with Crippen molar-refractivity contribution in [2.24, 2.45) is 4.99 Å². The summed E-state index contributed by atoms with van der Waals surface area (Å²) in [4.78, 5) is 21.2. The molecule has 0 aromatic heterocycles. The second kappa shape index (κ2) is 11.5. The number of esters is 1. The quantitative estimate of drug-likeness (QED) is 0.237. The second-order valence-corrected chi connectivity index (χ2v) is 11.3. The standard InChI is InChI=1S/C26H26I2N2O4S/c1-5-33-18-9-7-17(8-10-18)23-22(25(31)34-6-2)15(3)29-26-30(23)14-19(35-26)11-16-12-20(27)24(32-4)21(28)13-16/h7-13,23H,5-6,14H2,1-4H3/b19-11-/t23-/m0/s1. The maximum absolute atomic E-state index is 13.0. The number of hydrogen-bond acceptors (Lipinski definition) is 7. The molecule has 2 aromatic carbocycles. The van der Waals surface area contributed by atoms with Crippen LogP contribution in [-0.4, -0.2) is 42.9 Å². The molecule has 0 unspecified atom stereocenters. The summed E-state index contributed by atoms with van der Waals surface area (Å²) < 4.78 is 18.7. The fourth-order valence-electron chi connectivity index (χ4n) is 4.14. The van der Waals surface area contributed by atoms with E-state index in [9.17, 15) is 4.79 Å². The average molecular weight is 716 g/mol. The molecular weight excluding hydrogens is 690 g/mol. The molecule has 0 aliphatic carbocycles. The molecule has 0 N–H and O–H groups in total. The molecule has 0 amide bonds. The van der Waals surface area contributed by atoms with Gasteiger partial charge in [0.1, 0.15) is 11.5 Å². The lowest BCUT2D eigenvalue weighted by molar-refractivity contribution is -0.139. The van der Waals surface area contributed by atoms with Crippen molar-refractivity contribution in [1.29, 1.82) is 0 Å². The van der Waals surface area contributed by atoms with Gasteiger partial charge >= 0.3 is 5.97 Å². The van der Waals surface area contributed by atoms with E-state index in [2.05, 4.69) is 68.3 Å². The van der Waals surface area contributed by atoms with Gasteiger partial charge in [-0.1, -0.05) is 23.9 Å². The predicted octanol–water partition coefficient (Wildman–Crippen LogP) is 6.64. The van der Waals surface area contributed by atoms with Crippen LogP contribution in [0.1, 0.15) is 37.9 Å². The second-order valence-electron chi connectivity index (χ2n) is 7.88. The highest BCUT2D eigenvalue weighted by Crippen LogP contribution is 2.45. The molecule has 6 nitrogen and oxygen atoms in total. The highest BCUT2D eigenvalue weighted by atomic mass is 127. The highest BCUT2D eigenvalue weighted by Gasteiger charge is 2.40. The van der Waals surface area contributed by atoms with Crippen molar-refractivity contribution >= 4 is 74.2 Å². The van der Waals surface area contributed by atoms with Crippen LogP contribution in [0.3, 0.4) is 0 Å². The van der Waals surface area contributed by atoms with Gasteiger partial charge in [0, 0.05) is 4.91 Å². The van der Waals surface area contributed by atoms with Crippen LogP contribution in [0.15, 0.2) is 57.6 Å². The van der Waals surface area contributed by atoms with E-state index in [0.29, 0.717) is 31.0 Å². The van der Waals surface area contributed by atoms with Gasteiger partial charge in [-0.25, -0.2) is 9.79 Å². The lowest BCUT2D eigenvalue weighted by Crippen LogP contribution is -2.36. The Morgan fingerprint density at radius 2 is 1.86 bits per heavy atom. The molecule has 2 aliphatic rings. The number of fused-ring (bicyclic) bond motifs is 1. The molecule has 1 saturated heterocycles. The summed E-state index contributed by atoms with van der Waals surface area (Å²) in [6, 6.07) is 11.9. The molecule has 1 atom stereocenters. The average Bonchev–Trinajstić information content (AvgIpc) is 3.20. The molecule has 2 heterocycles. The number of ether oxygens (including phenoxy) is 3. The summed E-state index contributed by atoms with van der Waals surface area (Å²) in [5, 5.41) is 0.888. The minimum absolute atomic E-state index is 0.285. The molecule has 2 aromatic rings. The van der Waals surface area contributed by atoms with Gasteiger partial charge in [0.25, 0.3) is 0 Å². The van der Waals surface area contributed by atoms with E-state index in [-0.39, 0.29) is 12.0 Å². The van der Waals surface area contributed by atoms with Crippen molar-refractivity contribution in [1.82, 2.24) is 4.90 Å². The Labute approximate surface area is 237 Å². The van der Waals surface area contributed by atoms with Gasteiger partial charge in [-0.3, -0.25) is 0 Å². The van der Waals surface area contributed by atoms with E-state index in [4.69, 9.17) is 19.2 Å². The fourth-order valence-corrected chi connectivity index (χ4v) is 7.50. The zero-order valence-corrected chi connectivity index (χ0v) is 25.1. The summed E-state index contributed by atoms with van der Waals surface area (Å²) in [5.74, 6) is 1.37. The van der Waals surface area contributed by atoms with Gasteiger partial charge in [0.05, 0.1) is 51.3 Å². The van der Waals surface area contributed by atoms with E-state index >= 15 is 0 Å². The first-order valence-electron chi connectivity index (χ1n) is 11.2. The number of hydrogen-bond donors (Lipinski definition) is 0. The predicted molar refractivity (Wildman–Crippen MR) is 158 cm³/mol. The Morgan fingerprint density at radius 3 is 2.46 bits per heavy atom. The number of rotatable bonds is 7. The smallest absolute Gasteiger partial charge is 0.338 e. The normalized spacial score (nSPS) is 18.5. The number of benzene rings is 2. The minimum atomic E-state index is -0.326. The molecule has 0 radical (unpaired) electrons. The van der Waals surface area contributed by atoms with Crippen molar-refractivity contribution in [2.45, 2.75) is 26.8 Å². The molecular formula is C26H26I2N2O4S. The van der Waals surface area contributed by atoms with Crippen LogP contribution in [0.4, 0.5) is 0 Å². The number of halogens is 2. The SMILES string of the molecule is CCOC(=O)C1=C(C)N=C2S/C(=C\c3cc(I)c(OC)c(I)c3)CN2[C@H]1c1ccc(OCC)cc1. The molecule has 4 rings (SSSR count). The highest BCUT2D eigenvalue weighted by molar-refractivity contribution is 14.1. The third-order valence-corrected chi connectivity index (χ3v) is 8.21. The van der Waals surface area contributed by atoms with Crippen molar-refractivity contribution in [2.75, 3.05) is 26.9 Å². The maximum atomic E-state index is 13.0. The molecule has 184 valence electrons. The van der Waals surface area contributed by atoms with Crippen LogP contribution in [0.2, 0.25) is 0 Å². The van der Waals surface area contributed by atoms with Crippen LogP contribution >= 0.6 is 56.9 Å². The summed E-state index contributed by atoms with van der Waals surface area (Å²) in [6.45, 7) is 7.24. The summed E-state index contributed by atoms with van der Waals surface area (Å²) in [7, 11) is 1.69. The Kier molecular flexibility index (Phi) is 8.69. The van der Waals surface area contributed by atoms with Crippen molar-refractivity contribution < 1.29 is 19.0 Å². The fraction of sp³-hybridized carbons (Fsp3) is 0.308. The monoisotopic (exact) mass is 716 g/mol. The maximum Gasteiger partial charge on any atom is 0.338 e. The van der Waals surface area contributed by atoms with E-state index in [1.807, 2.05) is 45.0 Å². The molecule has 2 aliphatic heterocycles. The van der Waals surface area contributed by atoms with Crippen LogP contribution in [0.5, 0.6) is 11.5 Å². The number of thioether (sulfide) groups is 1. The number of nitrogens with zero attached hydrogens (tertiary/aromatic N) is 2. The van der Waals surface area contributed by atoms with Crippen LogP contribution in [0, 0.1) is 7.14 Å². The van der Waals surface area contributed by atoms with E-state index < -0.39 is 0 Å². The van der Waals surface area contributed by atoms with Crippen molar-refractivity contribution in [3.05, 3.63) is 70.8 Å². The van der Waals surface area contributed by atoms with E-state index in [1.165, 1.54) is 0 Å². The van der Waals surface area contributed by atoms with Gasteiger partial charge in [-0.2, -0.15) is 0 Å². The van der Waals surface area contributed by atoms with Gasteiger partial charge in [-0.15, -0.1) is 0 Å². The first-order chi connectivity index (χ1) is 16.9. The first kappa shape index (κ1) is 26.3. The van der Waals surface area contributed by atoms with Gasteiger partial charge in [0.2, 0.25) is 0 Å². The van der Waals surface area contributed by atoms with Gasteiger partial charge in [0.15, 0.2) is 5.17 Å². The van der Waals surface area contributed by atoms with Crippen molar-refractivity contribution in [3.8, 4) is 11.5 Å².